The summed E-state index contributed by atoms with van der Waals surface area (Å²) in [6.07, 6.45) is 9.24. The lowest BCUT2D eigenvalue weighted by Gasteiger charge is -2.63. The molecule has 2 aliphatic heterocycles. The van der Waals surface area contributed by atoms with E-state index in [0.29, 0.717) is 29.6 Å². The van der Waals surface area contributed by atoms with Crippen LogP contribution >= 0.6 is 0 Å². The second-order valence-electron chi connectivity index (χ2n) is 8.28. The second kappa shape index (κ2) is 8.44. The summed E-state index contributed by atoms with van der Waals surface area (Å²) in [7, 11) is 0. The minimum absolute atomic E-state index is 0.316. The molecule has 2 N–H and O–H groups in total. The van der Waals surface area contributed by atoms with Crippen molar-refractivity contribution in [3.8, 4) is 0 Å². The van der Waals surface area contributed by atoms with Crippen LogP contribution in [-0.4, -0.2) is 63.7 Å². The summed E-state index contributed by atoms with van der Waals surface area (Å²) >= 11 is 0. The summed E-state index contributed by atoms with van der Waals surface area (Å²) in [5.41, 5.74) is 0.391. The average molecular weight is 366 g/mol. The highest BCUT2D eigenvalue weighted by Crippen LogP contribution is 2.62. The highest BCUT2D eigenvalue weighted by atomic mass is 16.5. The smallest absolute Gasteiger partial charge is 0.191 e. The quantitative estimate of drug-likeness (QED) is 0.392. The predicted octanol–water partition coefficient (Wildman–Crippen LogP) is 2.08. The number of guanidine groups is 1. The highest BCUT2D eigenvalue weighted by molar-refractivity contribution is 5.80. The van der Waals surface area contributed by atoms with Gasteiger partial charge in [0.15, 0.2) is 5.96 Å². The molecule has 2 saturated carbocycles. The van der Waals surface area contributed by atoms with Gasteiger partial charge in [0.1, 0.15) is 0 Å². The number of nitrogens with one attached hydrogen (secondary N) is 2. The molecule has 6 heteroatoms. The normalized spacial score (nSPS) is 35.0. The zero-order chi connectivity index (χ0) is 17.8. The molecule has 4 atom stereocenters. The first-order valence-corrected chi connectivity index (χ1v) is 10.7. The van der Waals surface area contributed by atoms with E-state index in [1.165, 1.54) is 32.1 Å². The van der Waals surface area contributed by atoms with Crippen LogP contribution in [0.25, 0.3) is 0 Å². The van der Waals surface area contributed by atoms with Crippen molar-refractivity contribution in [2.24, 2.45) is 16.3 Å². The fourth-order valence-electron chi connectivity index (χ4n) is 5.27. The van der Waals surface area contributed by atoms with Crippen LogP contribution in [0.5, 0.6) is 0 Å². The largest absolute Gasteiger partial charge is 0.379 e. The maximum atomic E-state index is 6.02. The second-order valence-corrected chi connectivity index (χ2v) is 8.28. The monoisotopic (exact) mass is 365 g/mol. The van der Waals surface area contributed by atoms with Crippen LogP contribution in [0.3, 0.4) is 0 Å². The van der Waals surface area contributed by atoms with Gasteiger partial charge in [-0.25, -0.2) is 0 Å². The lowest BCUT2D eigenvalue weighted by molar-refractivity contribution is -0.171. The molecule has 0 aromatic carbocycles. The third kappa shape index (κ3) is 3.60. The molecular formula is C20H35N3O3. The van der Waals surface area contributed by atoms with Crippen LogP contribution in [0.2, 0.25) is 0 Å². The van der Waals surface area contributed by atoms with Gasteiger partial charge in [0.05, 0.1) is 18.8 Å². The van der Waals surface area contributed by atoms with Gasteiger partial charge >= 0.3 is 0 Å². The minimum Gasteiger partial charge on any atom is -0.379 e. The number of rotatable bonds is 8. The van der Waals surface area contributed by atoms with E-state index in [1.54, 1.807) is 0 Å². The van der Waals surface area contributed by atoms with Crippen molar-refractivity contribution in [1.82, 2.24) is 10.6 Å². The fourth-order valence-corrected chi connectivity index (χ4v) is 5.27. The summed E-state index contributed by atoms with van der Waals surface area (Å²) < 4.78 is 17.3. The van der Waals surface area contributed by atoms with Gasteiger partial charge in [-0.1, -0.05) is 6.42 Å². The molecule has 4 rings (SSSR count). The fraction of sp³-hybridized carbons (Fsp3) is 0.950. The van der Waals surface area contributed by atoms with Gasteiger partial charge in [0, 0.05) is 50.3 Å². The Morgan fingerprint density at radius 3 is 2.85 bits per heavy atom. The van der Waals surface area contributed by atoms with E-state index in [0.717, 1.165) is 58.3 Å². The van der Waals surface area contributed by atoms with Gasteiger partial charge in [-0.3, -0.25) is 4.99 Å². The van der Waals surface area contributed by atoms with Crippen molar-refractivity contribution < 1.29 is 14.2 Å². The Hall–Kier alpha value is -0.850. The standard InChI is InChI=1S/C20H35N3O3/c1-2-21-19(22-10-5-11-24-14-15-6-3-12-25-15)23-17-16-7-13-26-18(16)20(17)8-4-9-20/h15-18H,2-14H2,1H3,(H2,21,22,23). The van der Waals surface area contributed by atoms with Crippen molar-refractivity contribution in [2.45, 2.75) is 70.1 Å². The van der Waals surface area contributed by atoms with Gasteiger partial charge in [-0.2, -0.15) is 0 Å². The predicted molar refractivity (Wildman–Crippen MR) is 101 cm³/mol. The Kier molecular flexibility index (Phi) is 6.01. The Balaban J connectivity index is 1.21. The number of nitrogens with zero attached hydrogens (tertiary/aromatic N) is 1. The van der Waals surface area contributed by atoms with E-state index >= 15 is 0 Å². The van der Waals surface area contributed by atoms with E-state index in [4.69, 9.17) is 19.2 Å². The topological polar surface area (TPSA) is 64.1 Å². The van der Waals surface area contributed by atoms with Gasteiger partial charge < -0.3 is 24.8 Å². The zero-order valence-corrected chi connectivity index (χ0v) is 16.2. The molecule has 26 heavy (non-hydrogen) atoms. The molecule has 4 aliphatic rings. The Morgan fingerprint density at radius 2 is 2.12 bits per heavy atom. The Bertz CT molecular complexity index is 489. The molecule has 0 amide bonds. The summed E-state index contributed by atoms with van der Waals surface area (Å²) in [4.78, 5) is 4.79. The molecule has 0 aromatic rings. The van der Waals surface area contributed by atoms with Crippen molar-refractivity contribution in [3.05, 3.63) is 0 Å². The summed E-state index contributed by atoms with van der Waals surface area (Å²) in [5, 5.41) is 7.17. The lowest BCUT2D eigenvalue weighted by Crippen LogP contribution is -2.72. The van der Waals surface area contributed by atoms with E-state index in [-0.39, 0.29) is 0 Å². The van der Waals surface area contributed by atoms with E-state index in [2.05, 4.69) is 17.6 Å². The van der Waals surface area contributed by atoms with E-state index in [9.17, 15) is 0 Å². The molecule has 2 aliphatic carbocycles. The van der Waals surface area contributed by atoms with E-state index in [1.807, 2.05) is 0 Å². The van der Waals surface area contributed by atoms with Crippen LogP contribution in [0, 0.1) is 11.3 Å². The summed E-state index contributed by atoms with van der Waals surface area (Å²) in [6, 6.07) is 0.539. The van der Waals surface area contributed by atoms with Crippen LogP contribution < -0.4 is 10.6 Å². The molecule has 4 fully saturated rings. The molecule has 4 unspecified atom stereocenters. The van der Waals surface area contributed by atoms with Crippen LogP contribution in [-0.2, 0) is 14.2 Å². The molecule has 1 spiro atoms. The third-order valence-electron chi connectivity index (χ3n) is 6.72. The van der Waals surface area contributed by atoms with E-state index < -0.39 is 0 Å². The molecule has 0 aromatic heterocycles. The zero-order valence-electron chi connectivity index (χ0n) is 16.2. The lowest BCUT2D eigenvalue weighted by atomic mass is 9.46. The number of hydrogen-bond acceptors (Lipinski definition) is 4. The maximum absolute atomic E-state index is 6.02. The van der Waals surface area contributed by atoms with Gasteiger partial charge in [0.2, 0.25) is 0 Å². The SMILES string of the molecule is CCNC(=NCCCOCC1CCCO1)NC1C2CCOC2C12CCC2. The molecule has 0 bridgehead atoms. The molecule has 148 valence electrons. The van der Waals surface area contributed by atoms with Gasteiger partial charge in [0.25, 0.3) is 0 Å². The van der Waals surface area contributed by atoms with Gasteiger partial charge in [-0.05, 0) is 45.4 Å². The first-order chi connectivity index (χ1) is 12.8. The summed E-state index contributed by atoms with van der Waals surface area (Å²) in [5.74, 6) is 1.64. The number of fused-ring (bicyclic) bond motifs is 2. The number of aliphatic imine (C=N–C) groups is 1. The Morgan fingerprint density at radius 1 is 1.19 bits per heavy atom. The van der Waals surface area contributed by atoms with Crippen molar-refractivity contribution in [2.75, 3.05) is 39.5 Å². The van der Waals surface area contributed by atoms with Gasteiger partial charge in [-0.15, -0.1) is 0 Å². The average Bonchev–Trinajstić information content (AvgIpc) is 3.25. The van der Waals surface area contributed by atoms with Crippen molar-refractivity contribution in [3.63, 3.8) is 0 Å². The minimum atomic E-state index is 0.316. The molecule has 2 saturated heterocycles. The molecular weight excluding hydrogens is 330 g/mol. The first kappa shape index (κ1) is 18.5. The van der Waals surface area contributed by atoms with Crippen LogP contribution in [0.1, 0.15) is 51.9 Å². The van der Waals surface area contributed by atoms with Crippen LogP contribution in [0.15, 0.2) is 4.99 Å². The summed E-state index contributed by atoms with van der Waals surface area (Å²) in [6.45, 7) is 7.14. The first-order valence-electron chi connectivity index (χ1n) is 10.7. The highest BCUT2D eigenvalue weighted by Gasteiger charge is 2.66. The van der Waals surface area contributed by atoms with Crippen LogP contribution in [0.4, 0.5) is 0 Å². The van der Waals surface area contributed by atoms with Crippen molar-refractivity contribution >= 4 is 5.96 Å². The van der Waals surface area contributed by atoms with Crippen molar-refractivity contribution in [1.29, 1.82) is 0 Å². The molecule has 0 radical (unpaired) electrons. The maximum Gasteiger partial charge on any atom is 0.191 e. The number of ether oxygens (including phenoxy) is 3. The molecule has 6 nitrogen and oxygen atoms in total. The Labute approximate surface area is 157 Å². The third-order valence-corrected chi connectivity index (χ3v) is 6.72. The number of hydrogen-bond donors (Lipinski definition) is 2. The molecule has 2 heterocycles.